The zero-order valence-electron chi connectivity index (χ0n) is 20.3. The van der Waals surface area contributed by atoms with Crippen molar-refractivity contribution < 1.29 is 23.8 Å². The lowest BCUT2D eigenvalue weighted by atomic mass is 10.1. The van der Waals surface area contributed by atoms with E-state index in [0.29, 0.717) is 12.2 Å². The Kier molecular flexibility index (Phi) is 9.82. The minimum atomic E-state index is -0.590. The fourth-order valence-corrected chi connectivity index (χ4v) is 3.16. The molecule has 3 aromatic carbocycles. The van der Waals surface area contributed by atoms with Crippen LogP contribution in [0.1, 0.15) is 16.7 Å². The van der Waals surface area contributed by atoms with Crippen molar-refractivity contribution in [2.45, 2.75) is 6.61 Å². The first-order valence-corrected chi connectivity index (χ1v) is 11.4. The molecule has 3 rings (SSSR count). The first kappa shape index (κ1) is 26.5. The zero-order valence-corrected chi connectivity index (χ0v) is 20.3. The topological polar surface area (TPSA) is 97.7 Å². The van der Waals surface area contributed by atoms with Crippen LogP contribution >= 0.6 is 0 Å². The summed E-state index contributed by atoms with van der Waals surface area (Å²) in [7, 11) is 1.43. The summed E-state index contributed by atoms with van der Waals surface area (Å²) in [5.74, 6) is 0.0956. The van der Waals surface area contributed by atoms with E-state index < -0.39 is 11.9 Å². The molecule has 0 saturated carbocycles. The average molecular weight is 495 g/mol. The molecule has 0 atom stereocenters. The second kappa shape index (κ2) is 13.7. The third-order valence-electron chi connectivity index (χ3n) is 5.02. The number of benzene rings is 3. The summed E-state index contributed by atoms with van der Waals surface area (Å²) in [5.41, 5.74) is 2.34. The van der Waals surface area contributed by atoms with Crippen molar-refractivity contribution in [3.05, 3.63) is 114 Å². The van der Waals surface area contributed by atoms with E-state index in [1.54, 1.807) is 18.2 Å². The van der Waals surface area contributed by atoms with Crippen molar-refractivity contribution >= 4 is 24.0 Å². The third-order valence-corrected chi connectivity index (χ3v) is 5.02. The van der Waals surface area contributed by atoms with E-state index in [-0.39, 0.29) is 23.6 Å². The third kappa shape index (κ3) is 8.26. The van der Waals surface area contributed by atoms with Gasteiger partial charge >= 0.3 is 5.97 Å². The summed E-state index contributed by atoms with van der Waals surface area (Å²) in [6, 6.07) is 23.8. The molecule has 0 spiro atoms. The van der Waals surface area contributed by atoms with E-state index in [1.165, 1.54) is 31.4 Å². The smallest absolute Gasteiger partial charge is 0.336 e. The summed E-state index contributed by atoms with van der Waals surface area (Å²) in [6.45, 7) is 4.24. The molecule has 7 heteroatoms. The van der Waals surface area contributed by atoms with Gasteiger partial charge in [-0.15, -0.1) is 6.58 Å². The molecule has 0 heterocycles. The van der Waals surface area contributed by atoms with E-state index >= 15 is 0 Å². The van der Waals surface area contributed by atoms with Crippen molar-refractivity contribution in [2.75, 3.05) is 13.7 Å². The van der Waals surface area contributed by atoms with Crippen molar-refractivity contribution in [2.24, 2.45) is 0 Å². The lowest BCUT2D eigenvalue weighted by Gasteiger charge is -2.09. The van der Waals surface area contributed by atoms with Gasteiger partial charge in [-0.25, -0.2) is 4.79 Å². The van der Waals surface area contributed by atoms with Gasteiger partial charge in [0.25, 0.3) is 5.91 Å². The van der Waals surface area contributed by atoms with Crippen molar-refractivity contribution in [1.29, 1.82) is 5.26 Å². The molecule has 37 heavy (non-hydrogen) atoms. The molecule has 0 bridgehead atoms. The molecular weight excluding hydrogens is 468 g/mol. The Hall–Kier alpha value is -5.09. The van der Waals surface area contributed by atoms with Crippen LogP contribution in [0.5, 0.6) is 17.2 Å². The van der Waals surface area contributed by atoms with Crippen molar-refractivity contribution in [1.82, 2.24) is 5.32 Å². The van der Waals surface area contributed by atoms with Gasteiger partial charge in [-0.3, -0.25) is 4.79 Å². The Morgan fingerprint density at radius 1 is 1.00 bits per heavy atom. The number of rotatable bonds is 11. The number of nitriles is 1. The molecule has 0 aliphatic carbocycles. The van der Waals surface area contributed by atoms with Crippen LogP contribution < -0.4 is 19.5 Å². The lowest BCUT2D eigenvalue weighted by Crippen LogP contribution is -2.24. The monoisotopic (exact) mass is 494 g/mol. The molecular formula is C30H26N2O5. The van der Waals surface area contributed by atoms with E-state index in [1.807, 2.05) is 60.7 Å². The second-order valence-electron chi connectivity index (χ2n) is 7.68. The Morgan fingerprint density at radius 2 is 1.73 bits per heavy atom. The Labute approximate surface area is 215 Å². The maximum Gasteiger partial charge on any atom is 0.336 e. The molecule has 0 fully saturated rings. The van der Waals surface area contributed by atoms with Gasteiger partial charge in [0.2, 0.25) is 0 Å². The SMILES string of the molecule is C=CCNC(=O)C(C#N)=Cc1ccc(OC(=O)C=Cc2ccc(OCc3ccccc3)cc2)c(OC)c1. The van der Waals surface area contributed by atoms with E-state index in [4.69, 9.17) is 14.2 Å². The molecule has 0 radical (unpaired) electrons. The first-order valence-electron chi connectivity index (χ1n) is 11.4. The lowest BCUT2D eigenvalue weighted by molar-refractivity contribution is -0.129. The quantitative estimate of drug-likeness (QED) is 0.131. The highest BCUT2D eigenvalue weighted by atomic mass is 16.6. The first-order chi connectivity index (χ1) is 18.0. The fraction of sp³-hybridized carbons (Fsp3) is 0.100. The molecule has 1 amide bonds. The van der Waals surface area contributed by atoms with Gasteiger partial charge in [0.1, 0.15) is 24.0 Å². The molecule has 0 unspecified atom stereocenters. The Balaban J connectivity index is 1.61. The van der Waals surface area contributed by atoms with Gasteiger partial charge in [0.15, 0.2) is 11.5 Å². The highest BCUT2D eigenvalue weighted by Crippen LogP contribution is 2.29. The predicted molar refractivity (Wildman–Crippen MR) is 142 cm³/mol. The standard InChI is InChI=1S/C30H26N2O5/c1-3-17-32-30(34)25(20-31)18-24-11-15-27(28(19-24)35-2)37-29(33)16-12-22-9-13-26(14-10-22)36-21-23-7-5-4-6-8-23/h3-16,18-19H,1,17,21H2,2H3,(H,32,34). The van der Waals surface area contributed by atoms with Crippen LogP contribution in [0, 0.1) is 11.3 Å². The summed E-state index contributed by atoms with van der Waals surface area (Å²) < 4.78 is 16.5. The van der Waals surface area contributed by atoms with E-state index in [9.17, 15) is 14.9 Å². The number of nitrogens with zero attached hydrogens (tertiary/aromatic N) is 1. The van der Waals surface area contributed by atoms with Crippen LogP contribution in [-0.4, -0.2) is 25.5 Å². The molecule has 7 nitrogen and oxygen atoms in total. The molecule has 0 aliphatic heterocycles. The summed E-state index contributed by atoms with van der Waals surface area (Å²) in [6.07, 6.45) is 5.88. The largest absolute Gasteiger partial charge is 0.493 e. The van der Waals surface area contributed by atoms with Crippen LogP contribution in [0.4, 0.5) is 0 Å². The number of nitrogens with one attached hydrogen (secondary N) is 1. The Morgan fingerprint density at radius 3 is 2.41 bits per heavy atom. The Bertz CT molecular complexity index is 1340. The number of amides is 1. The molecule has 0 aromatic heterocycles. The van der Waals surface area contributed by atoms with Gasteiger partial charge in [0, 0.05) is 12.6 Å². The number of ether oxygens (including phenoxy) is 3. The van der Waals surface area contributed by atoms with Gasteiger partial charge in [-0.2, -0.15) is 5.26 Å². The minimum absolute atomic E-state index is 0.0759. The maximum atomic E-state index is 12.4. The van der Waals surface area contributed by atoms with E-state index in [2.05, 4.69) is 11.9 Å². The number of esters is 1. The summed E-state index contributed by atoms with van der Waals surface area (Å²) >= 11 is 0. The number of carbonyl (C=O) groups excluding carboxylic acids is 2. The number of methoxy groups -OCH3 is 1. The average Bonchev–Trinajstić information content (AvgIpc) is 2.94. The molecule has 3 aromatic rings. The van der Waals surface area contributed by atoms with Gasteiger partial charge in [0.05, 0.1) is 7.11 Å². The van der Waals surface area contributed by atoms with Gasteiger partial charge < -0.3 is 19.5 Å². The van der Waals surface area contributed by atoms with Gasteiger partial charge in [-0.1, -0.05) is 54.6 Å². The second-order valence-corrected chi connectivity index (χ2v) is 7.68. The maximum absolute atomic E-state index is 12.4. The van der Waals surface area contributed by atoms with Crippen LogP contribution in [0.3, 0.4) is 0 Å². The number of carbonyl (C=O) groups is 2. The molecule has 1 N–H and O–H groups in total. The van der Waals surface area contributed by atoms with Gasteiger partial charge in [-0.05, 0) is 53.1 Å². The summed E-state index contributed by atoms with van der Waals surface area (Å²) in [5, 5.41) is 11.8. The molecule has 0 saturated heterocycles. The zero-order chi connectivity index (χ0) is 26.5. The van der Waals surface area contributed by atoms with Crippen molar-refractivity contribution in [3.63, 3.8) is 0 Å². The number of hydrogen-bond acceptors (Lipinski definition) is 6. The minimum Gasteiger partial charge on any atom is -0.493 e. The highest BCUT2D eigenvalue weighted by molar-refractivity contribution is 6.01. The summed E-state index contributed by atoms with van der Waals surface area (Å²) in [4.78, 5) is 24.4. The van der Waals surface area contributed by atoms with Crippen LogP contribution in [0.15, 0.2) is 97.1 Å². The van der Waals surface area contributed by atoms with Crippen LogP contribution in [0.25, 0.3) is 12.2 Å². The van der Waals surface area contributed by atoms with Crippen molar-refractivity contribution in [3.8, 4) is 23.3 Å². The van der Waals surface area contributed by atoms with Crippen LogP contribution in [-0.2, 0) is 16.2 Å². The van der Waals surface area contributed by atoms with Crippen LogP contribution in [0.2, 0.25) is 0 Å². The highest BCUT2D eigenvalue weighted by Gasteiger charge is 2.11. The normalized spacial score (nSPS) is 10.9. The van der Waals surface area contributed by atoms with E-state index in [0.717, 1.165) is 16.9 Å². The molecule has 0 aliphatic rings. The number of hydrogen-bond donors (Lipinski definition) is 1. The predicted octanol–water partition coefficient (Wildman–Crippen LogP) is 5.10. The molecule has 186 valence electrons. The fourth-order valence-electron chi connectivity index (χ4n) is 3.16.